The van der Waals surface area contributed by atoms with Crippen molar-refractivity contribution in [1.82, 2.24) is 14.5 Å². The van der Waals surface area contributed by atoms with Crippen molar-refractivity contribution in [3.05, 3.63) is 22.6 Å². The molecule has 0 fully saturated rings. The number of thiazole rings is 1. The summed E-state index contributed by atoms with van der Waals surface area (Å²) >= 11 is 1.47. The first-order chi connectivity index (χ1) is 8.95. The molecule has 0 radical (unpaired) electrons. The lowest BCUT2D eigenvalue weighted by Gasteiger charge is -2.03. The number of nitrogen functional groups attached to an aromatic ring is 1. The Kier molecular flexibility index (Phi) is 3.57. The maximum Gasteiger partial charge on any atom is 0.360 e. The van der Waals surface area contributed by atoms with Gasteiger partial charge in [-0.3, -0.25) is 4.57 Å². The fraction of sp³-hybridized carbons (Fsp3) is 0.417. The van der Waals surface area contributed by atoms with Crippen molar-refractivity contribution in [3.8, 4) is 5.13 Å². The third-order valence-electron chi connectivity index (χ3n) is 2.75. The lowest BCUT2D eigenvalue weighted by atomic mass is 10.2. The van der Waals surface area contributed by atoms with Crippen LogP contribution in [0.25, 0.3) is 5.13 Å². The summed E-state index contributed by atoms with van der Waals surface area (Å²) in [7, 11) is 1.30. The summed E-state index contributed by atoms with van der Waals surface area (Å²) in [5, 5.41) is 2.69. The molecule has 2 aromatic heterocycles. The molecule has 2 N–H and O–H groups in total. The molecule has 0 unspecified atom stereocenters. The molecule has 0 saturated carbocycles. The van der Waals surface area contributed by atoms with Crippen LogP contribution >= 0.6 is 11.3 Å². The van der Waals surface area contributed by atoms with Gasteiger partial charge in [0.15, 0.2) is 10.8 Å². The molecule has 6 nitrogen and oxygen atoms in total. The molecule has 0 spiro atoms. The molecule has 2 rings (SSSR count). The van der Waals surface area contributed by atoms with Crippen molar-refractivity contribution in [2.45, 2.75) is 26.7 Å². The maximum atomic E-state index is 11.5. The average Bonchev–Trinajstić information content (AvgIpc) is 2.93. The molecule has 2 aromatic rings. The standard InChI is InChI=1S/C12H16N4O2S/c1-6(2)8-5-19-12(15-8)16-7(3)14-9(10(16)13)11(17)18-4/h5-6H,13H2,1-4H3. The topological polar surface area (TPSA) is 83.0 Å². The highest BCUT2D eigenvalue weighted by molar-refractivity contribution is 7.12. The van der Waals surface area contributed by atoms with E-state index >= 15 is 0 Å². The molecule has 0 bridgehead atoms. The van der Waals surface area contributed by atoms with Gasteiger partial charge in [-0.05, 0) is 12.8 Å². The van der Waals surface area contributed by atoms with Crippen LogP contribution in [0.1, 0.15) is 41.8 Å². The molecule has 0 aromatic carbocycles. The van der Waals surface area contributed by atoms with Crippen molar-refractivity contribution >= 4 is 23.1 Å². The quantitative estimate of drug-likeness (QED) is 0.871. The van der Waals surface area contributed by atoms with E-state index in [-0.39, 0.29) is 11.5 Å². The molecular formula is C12H16N4O2S. The first kappa shape index (κ1) is 13.5. The number of nitrogens with two attached hydrogens (primary N) is 1. The number of aryl methyl sites for hydroxylation is 1. The van der Waals surface area contributed by atoms with Crippen LogP contribution in [-0.4, -0.2) is 27.6 Å². The molecule has 0 aliphatic carbocycles. The Hall–Kier alpha value is -1.89. The number of hydrogen-bond acceptors (Lipinski definition) is 6. The van der Waals surface area contributed by atoms with Crippen molar-refractivity contribution in [2.75, 3.05) is 12.8 Å². The smallest absolute Gasteiger partial charge is 0.360 e. The summed E-state index contributed by atoms with van der Waals surface area (Å²) in [6.07, 6.45) is 0. The lowest BCUT2D eigenvalue weighted by Crippen LogP contribution is -2.07. The summed E-state index contributed by atoms with van der Waals surface area (Å²) in [5.41, 5.74) is 7.08. The Morgan fingerprint density at radius 1 is 1.47 bits per heavy atom. The first-order valence-electron chi connectivity index (χ1n) is 5.84. The van der Waals surface area contributed by atoms with Crippen molar-refractivity contribution < 1.29 is 9.53 Å². The van der Waals surface area contributed by atoms with Crippen molar-refractivity contribution in [2.24, 2.45) is 0 Å². The van der Waals surface area contributed by atoms with E-state index in [1.54, 1.807) is 11.5 Å². The van der Waals surface area contributed by atoms with Gasteiger partial charge in [-0.25, -0.2) is 14.8 Å². The molecule has 102 valence electrons. The number of aromatic nitrogens is 3. The predicted molar refractivity (Wildman–Crippen MR) is 73.8 cm³/mol. The predicted octanol–water partition coefficient (Wildman–Crippen LogP) is 2.13. The minimum Gasteiger partial charge on any atom is -0.464 e. The molecule has 2 heterocycles. The largest absolute Gasteiger partial charge is 0.464 e. The highest BCUT2D eigenvalue weighted by atomic mass is 32.1. The summed E-state index contributed by atoms with van der Waals surface area (Å²) in [4.78, 5) is 20.2. The second-order valence-electron chi connectivity index (χ2n) is 4.43. The van der Waals surface area contributed by atoms with Gasteiger partial charge in [0.25, 0.3) is 0 Å². The SMILES string of the molecule is COC(=O)c1nc(C)n(-c2nc(C(C)C)cs2)c1N. The van der Waals surface area contributed by atoms with Gasteiger partial charge in [0, 0.05) is 5.38 Å². The molecule has 19 heavy (non-hydrogen) atoms. The van der Waals surface area contributed by atoms with Crippen molar-refractivity contribution in [3.63, 3.8) is 0 Å². The first-order valence-corrected chi connectivity index (χ1v) is 6.72. The van der Waals surface area contributed by atoms with Gasteiger partial charge in [-0.1, -0.05) is 13.8 Å². The molecule has 7 heteroatoms. The van der Waals surface area contributed by atoms with E-state index in [2.05, 4.69) is 28.6 Å². The van der Waals surface area contributed by atoms with E-state index in [1.165, 1.54) is 18.4 Å². The maximum absolute atomic E-state index is 11.5. The highest BCUT2D eigenvalue weighted by Crippen LogP contribution is 2.26. The number of ether oxygens (including phenoxy) is 1. The molecular weight excluding hydrogens is 264 g/mol. The van der Waals surface area contributed by atoms with Gasteiger partial charge >= 0.3 is 5.97 Å². The van der Waals surface area contributed by atoms with Crippen LogP contribution in [0.15, 0.2) is 5.38 Å². The van der Waals surface area contributed by atoms with E-state index in [9.17, 15) is 4.79 Å². The minimum absolute atomic E-state index is 0.126. The van der Waals surface area contributed by atoms with Crippen LogP contribution < -0.4 is 5.73 Å². The van der Waals surface area contributed by atoms with Gasteiger partial charge in [-0.15, -0.1) is 11.3 Å². The van der Waals surface area contributed by atoms with Gasteiger partial charge in [0.1, 0.15) is 11.6 Å². The molecule has 0 aliphatic rings. The highest BCUT2D eigenvalue weighted by Gasteiger charge is 2.21. The molecule has 0 amide bonds. The number of anilines is 1. The van der Waals surface area contributed by atoms with Crippen molar-refractivity contribution in [1.29, 1.82) is 0 Å². The fourth-order valence-electron chi connectivity index (χ4n) is 1.68. The number of rotatable bonds is 3. The Morgan fingerprint density at radius 2 is 2.16 bits per heavy atom. The number of methoxy groups -OCH3 is 1. The number of esters is 1. The summed E-state index contributed by atoms with van der Waals surface area (Å²) < 4.78 is 6.32. The second-order valence-corrected chi connectivity index (χ2v) is 5.27. The zero-order valence-corrected chi connectivity index (χ0v) is 12.1. The molecule has 0 saturated heterocycles. The average molecular weight is 280 g/mol. The van der Waals surface area contributed by atoms with Crippen LogP contribution in [0.5, 0.6) is 0 Å². The number of carbonyl (C=O) groups excluding carboxylic acids is 1. The van der Waals surface area contributed by atoms with E-state index in [0.29, 0.717) is 16.9 Å². The zero-order chi connectivity index (χ0) is 14.2. The monoisotopic (exact) mass is 280 g/mol. The van der Waals surface area contributed by atoms with E-state index in [1.807, 2.05) is 5.38 Å². The van der Waals surface area contributed by atoms with Crippen LogP contribution in [0.3, 0.4) is 0 Å². The van der Waals surface area contributed by atoms with Gasteiger partial charge in [0.05, 0.1) is 12.8 Å². The molecule has 0 atom stereocenters. The van der Waals surface area contributed by atoms with Gasteiger partial charge in [0.2, 0.25) is 0 Å². The lowest BCUT2D eigenvalue weighted by molar-refractivity contribution is 0.0596. The van der Waals surface area contributed by atoms with E-state index in [0.717, 1.165) is 5.69 Å². The van der Waals surface area contributed by atoms with Crippen LogP contribution in [0.4, 0.5) is 5.82 Å². The third-order valence-corrected chi connectivity index (χ3v) is 3.60. The zero-order valence-electron chi connectivity index (χ0n) is 11.3. The van der Waals surface area contributed by atoms with Crippen LogP contribution in [-0.2, 0) is 4.74 Å². The normalized spacial score (nSPS) is 11.0. The molecule has 0 aliphatic heterocycles. The number of carbonyl (C=O) groups is 1. The van der Waals surface area contributed by atoms with Gasteiger partial charge in [-0.2, -0.15) is 0 Å². The number of hydrogen-bond donors (Lipinski definition) is 1. The summed E-state index contributed by atoms with van der Waals surface area (Å²) in [6.45, 7) is 5.92. The minimum atomic E-state index is -0.542. The van der Waals surface area contributed by atoms with E-state index < -0.39 is 5.97 Å². The number of nitrogens with zero attached hydrogens (tertiary/aromatic N) is 3. The van der Waals surface area contributed by atoms with Crippen LogP contribution in [0.2, 0.25) is 0 Å². The van der Waals surface area contributed by atoms with Crippen LogP contribution in [0, 0.1) is 6.92 Å². The third kappa shape index (κ3) is 2.33. The Balaban J connectivity index is 2.50. The number of imidazole rings is 1. The summed E-state index contributed by atoms with van der Waals surface area (Å²) in [6, 6.07) is 0. The summed E-state index contributed by atoms with van der Waals surface area (Å²) in [5.74, 6) is 0.673. The second kappa shape index (κ2) is 5.00. The van der Waals surface area contributed by atoms with E-state index in [4.69, 9.17) is 5.73 Å². The van der Waals surface area contributed by atoms with Gasteiger partial charge < -0.3 is 10.5 Å². The Morgan fingerprint density at radius 3 is 2.68 bits per heavy atom. The fourth-order valence-corrected chi connectivity index (χ4v) is 2.73. The Bertz CT molecular complexity index is 615. The Labute approximate surface area is 115 Å².